The second-order valence-electron chi connectivity index (χ2n) is 7.31. The predicted octanol–water partition coefficient (Wildman–Crippen LogP) is 4.30. The van der Waals surface area contributed by atoms with Gasteiger partial charge in [-0.3, -0.25) is 9.69 Å². The van der Waals surface area contributed by atoms with E-state index in [1.54, 1.807) is 17.0 Å². The highest BCUT2D eigenvalue weighted by atomic mass is 35.5. The summed E-state index contributed by atoms with van der Waals surface area (Å²) in [7, 11) is 1.29. The van der Waals surface area contributed by atoms with Crippen molar-refractivity contribution in [3.05, 3.63) is 64.3 Å². The Morgan fingerprint density at radius 1 is 1.29 bits per heavy atom. The lowest BCUT2D eigenvalue weighted by Gasteiger charge is -2.35. The van der Waals surface area contributed by atoms with E-state index in [0.717, 1.165) is 34.3 Å². The Kier molecular flexibility index (Phi) is 5.59. The molecule has 4 rings (SSSR count). The Bertz CT molecular complexity index is 1110. The number of hydrogen-bond acceptors (Lipinski definition) is 5. The molecule has 0 spiro atoms. The molecule has 2 aromatic carbocycles. The number of carbonyl (C=O) groups excluding carboxylic acids is 1. The number of nitrogens with zero attached hydrogens (tertiary/aromatic N) is 1. The number of carbonyl (C=O) groups is 1. The maximum atomic E-state index is 12.7. The van der Waals surface area contributed by atoms with E-state index >= 15 is 0 Å². The summed E-state index contributed by atoms with van der Waals surface area (Å²) in [6, 6.07) is 9.66. The van der Waals surface area contributed by atoms with Crippen LogP contribution in [0.1, 0.15) is 22.7 Å². The first-order valence-electron chi connectivity index (χ1n) is 9.41. The van der Waals surface area contributed by atoms with Crippen LogP contribution >= 0.6 is 11.6 Å². The smallest absolute Gasteiger partial charge is 0.416 e. The molecule has 2 heterocycles. The van der Waals surface area contributed by atoms with E-state index in [4.69, 9.17) is 16.3 Å². The normalized spacial score (nSPS) is 17.9. The van der Waals surface area contributed by atoms with Crippen molar-refractivity contribution in [1.82, 2.24) is 9.88 Å². The molecule has 1 aromatic heterocycles. The van der Waals surface area contributed by atoms with Gasteiger partial charge in [-0.25, -0.2) is 0 Å². The molecule has 0 bridgehead atoms. The number of aromatic nitrogens is 1. The molecule has 2 atom stereocenters. The van der Waals surface area contributed by atoms with Gasteiger partial charge < -0.3 is 20.1 Å². The Labute approximate surface area is 180 Å². The zero-order valence-electron chi connectivity index (χ0n) is 16.3. The molecular weight excluding hydrogens is 435 g/mol. The minimum atomic E-state index is -4.44. The molecule has 0 fully saturated rings. The number of hydrogen-bond donors (Lipinski definition) is 3. The average molecular weight is 454 g/mol. The number of anilines is 1. The largest absolute Gasteiger partial charge is 0.469 e. The van der Waals surface area contributed by atoms with Crippen molar-refractivity contribution < 1.29 is 27.8 Å². The van der Waals surface area contributed by atoms with E-state index in [9.17, 15) is 23.1 Å². The van der Waals surface area contributed by atoms with Crippen molar-refractivity contribution >= 4 is 34.2 Å². The SMILES string of the molecule is COC(=O)C1CN(C(O)Nc2ccc(C(F)(F)F)cc2)Cc2[nH]c3ccc(Cl)cc3c21. The molecule has 0 amide bonds. The fourth-order valence-corrected chi connectivity index (χ4v) is 4.05. The Hall–Kier alpha value is -2.75. The number of H-pyrrole nitrogens is 1. The van der Waals surface area contributed by atoms with Crippen LogP contribution in [0.4, 0.5) is 18.9 Å². The number of nitrogens with one attached hydrogen (secondary N) is 2. The predicted molar refractivity (Wildman–Crippen MR) is 110 cm³/mol. The van der Waals surface area contributed by atoms with E-state index in [-0.39, 0.29) is 13.1 Å². The highest BCUT2D eigenvalue weighted by Gasteiger charge is 2.36. The first-order chi connectivity index (χ1) is 14.7. The number of benzene rings is 2. The maximum Gasteiger partial charge on any atom is 0.416 e. The maximum absolute atomic E-state index is 12.7. The van der Waals surface area contributed by atoms with E-state index in [2.05, 4.69) is 10.3 Å². The van der Waals surface area contributed by atoms with Crippen LogP contribution in [0.3, 0.4) is 0 Å². The summed E-state index contributed by atoms with van der Waals surface area (Å²) in [5.41, 5.74) is 1.83. The number of alkyl halides is 3. The zero-order valence-corrected chi connectivity index (χ0v) is 17.1. The number of esters is 1. The van der Waals surface area contributed by atoms with Gasteiger partial charge in [0.2, 0.25) is 0 Å². The topological polar surface area (TPSA) is 77.6 Å². The molecule has 31 heavy (non-hydrogen) atoms. The number of fused-ring (bicyclic) bond motifs is 3. The molecule has 6 nitrogen and oxygen atoms in total. The summed E-state index contributed by atoms with van der Waals surface area (Å²) in [6.07, 6.45) is -5.68. The Balaban J connectivity index is 1.60. The number of aliphatic hydroxyl groups is 1. The van der Waals surface area contributed by atoms with Gasteiger partial charge in [-0.1, -0.05) is 11.6 Å². The van der Waals surface area contributed by atoms with Crippen molar-refractivity contribution in [2.24, 2.45) is 0 Å². The molecule has 2 unspecified atom stereocenters. The standard InChI is InChI=1S/C21H19ClF3N3O3/c1-31-19(29)15-9-28(10-17-18(15)14-8-12(22)4-7-16(14)27-17)20(30)26-13-5-2-11(3-6-13)21(23,24)25/h2-8,15,20,26-27,30H,9-10H2,1H3. The second kappa shape index (κ2) is 8.07. The van der Waals surface area contributed by atoms with Gasteiger partial charge in [-0.15, -0.1) is 0 Å². The summed E-state index contributed by atoms with van der Waals surface area (Å²) in [5.74, 6) is -1.14. The van der Waals surface area contributed by atoms with Crippen molar-refractivity contribution in [3.8, 4) is 0 Å². The number of ether oxygens (including phenoxy) is 1. The number of methoxy groups -OCH3 is 1. The lowest BCUT2D eigenvalue weighted by atomic mass is 9.92. The molecule has 0 aliphatic carbocycles. The van der Waals surface area contributed by atoms with Crippen LogP contribution in [-0.4, -0.2) is 41.0 Å². The van der Waals surface area contributed by atoms with Crippen molar-refractivity contribution in [2.75, 3.05) is 19.0 Å². The number of rotatable bonds is 4. The summed E-state index contributed by atoms with van der Waals surface area (Å²) in [4.78, 5) is 17.4. The third kappa shape index (κ3) is 4.21. The molecule has 1 aliphatic heterocycles. The lowest BCUT2D eigenvalue weighted by molar-refractivity contribution is -0.144. The quantitative estimate of drug-likeness (QED) is 0.405. The van der Waals surface area contributed by atoms with E-state index in [1.807, 2.05) is 6.07 Å². The molecular formula is C21H19ClF3N3O3. The molecule has 1 aliphatic rings. The van der Waals surface area contributed by atoms with E-state index < -0.39 is 30.0 Å². The first kappa shape index (κ1) is 21.5. The summed E-state index contributed by atoms with van der Waals surface area (Å²) < 4.78 is 43.2. The van der Waals surface area contributed by atoms with Gasteiger partial charge in [0.15, 0.2) is 6.35 Å². The molecule has 10 heteroatoms. The highest BCUT2D eigenvalue weighted by Crippen LogP contribution is 2.37. The zero-order chi connectivity index (χ0) is 22.3. The van der Waals surface area contributed by atoms with Gasteiger partial charge in [-0.05, 0) is 48.0 Å². The third-order valence-electron chi connectivity index (χ3n) is 5.35. The van der Waals surface area contributed by atoms with Crippen LogP contribution in [0.5, 0.6) is 0 Å². The van der Waals surface area contributed by atoms with E-state index in [1.165, 1.54) is 19.2 Å². The van der Waals surface area contributed by atoms with Crippen molar-refractivity contribution in [1.29, 1.82) is 0 Å². The molecule has 0 radical (unpaired) electrons. The fraction of sp³-hybridized carbons (Fsp3) is 0.286. The van der Waals surface area contributed by atoms with Crippen LogP contribution in [0.2, 0.25) is 5.02 Å². The Morgan fingerprint density at radius 2 is 2.00 bits per heavy atom. The van der Waals surface area contributed by atoms with Gasteiger partial charge in [0.1, 0.15) is 0 Å². The molecule has 3 aromatic rings. The second-order valence-corrected chi connectivity index (χ2v) is 7.74. The molecule has 164 valence electrons. The lowest BCUT2D eigenvalue weighted by Crippen LogP contribution is -2.46. The number of aromatic amines is 1. The number of aliphatic hydroxyl groups excluding tert-OH is 1. The van der Waals surface area contributed by atoms with Crippen molar-refractivity contribution in [2.45, 2.75) is 25.0 Å². The van der Waals surface area contributed by atoms with Gasteiger partial charge >= 0.3 is 12.1 Å². The van der Waals surface area contributed by atoms with Gasteiger partial charge in [0, 0.05) is 40.4 Å². The van der Waals surface area contributed by atoms with Crippen LogP contribution in [-0.2, 0) is 22.3 Å². The summed E-state index contributed by atoms with van der Waals surface area (Å²) >= 11 is 6.13. The van der Waals surface area contributed by atoms with Gasteiger partial charge in [0.05, 0.1) is 18.6 Å². The molecule has 0 saturated heterocycles. The molecule has 3 N–H and O–H groups in total. The van der Waals surface area contributed by atoms with Crippen LogP contribution in [0, 0.1) is 0 Å². The molecule has 0 saturated carbocycles. The van der Waals surface area contributed by atoms with Crippen LogP contribution in [0.25, 0.3) is 10.9 Å². The van der Waals surface area contributed by atoms with Crippen molar-refractivity contribution in [3.63, 3.8) is 0 Å². The average Bonchev–Trinajstić information content (AvgIpc) is 3.10. The summed E-state index contributed by atoms with van der Waals surface area (Å²) in [6.45, 7) is 0.428. The third-order valence-corrected chi connectivity index (χ3v) is 5.58. The minimum Gasteiger partial charge on any atom is -0.469 e. The highest BCUT2D eigenvalue weighted by molar-refractivity contribution is 6.31. The number of halogens is 4. The first-order valence-corrected chi connectivity index (χ1v) is 9.79. The fourth-order valence-electron chi connectivity index (χ4n) is 3.87. The van der Waals surface area contributed by atoms with Crippen LogP contribution in [0.15, 0.2) is 42.5 Å². The Morgan fingerprint density at radius 3 is 2.65 bits per heavy atom. The van der Waals surface area contributed by atoms with Gasteiger partial charge in [-0.2, -0.15) is 13.2 Å². The van der Waals surface area contributed by atoms with Crippen LogP contribution < -0.4 is 5.32 Å². The van der Waals surface area contributed by atoms with E-state index in [0.29, 0.717) is 10.7 Å². The monoisotopic (exact) mass is 453 g/mol. The minimum absolute atomic E-state index is 0.147. The van der Waals surface area contributed by atoms with Gasteiger partial charge in [0.25, 0.3) is 0 Å². The summed E-state index contributed by atoms with van der Waals surface area (Å²) in [5, 5.41) is 14.8.